The molecule has 0 unspecified atom stereocenters. The van der Waals surface area contributed by atoms with E-state index >= 15 is 0 Å². The number of esters is 1. The lowest BCUT2D eigenvalue weighted by molar-refractivity contribution is -0.142. The molecule has 4 rings (SSSR count). The highest BCUT2D eigenvalue weighted by molar-refractivity contribution is 8.00. The summed E-state index contributed by atoms with van der Waals surface area (Å²) in [6.07, 6.45) is 3.35. The van der Waals surface area contributed by atoms with E-state index in [2.05, 4.69) is 27.6 Å². The van der Waals surface area contributed by atoms with Gasteiger partial charge in [0.1, 0.15) is 5.75 Å². The molecule has 0 spiro atoms. The molecule has 32 heavy (non-hydrogen) atoms. The third kappa shape index (κ3) is 5.67. The number of aromatic nitrogens is 2. The van der Waals surface area contributed by atoms with Crippen LogP contribution in [0.1, 0.15) is 29.3 Å². The number of ether oxygens (including phenoxy) is 2. The topological polar surface area (TPSA) is 104 Å². The molecular weight excluding hydrogens is 430 g/mol. The van der Waals surface area contributed by atoms with Gasteiger partial charge < -0.3 is 19.3 Å². The number of benzene rings is 2. The third-order valence-electron chi connectivity index (χ3n) is 4.99. The number of rotatable bonds is 9. The molecule has 1 aliphatic carbocycles. The second-order valence-electron chi connectivity index (χ2n) is 7.26. The molecule has 9 heteroatoms. The highest BCUT2D eigenvalue weighted by Gasteiger charge is 2.15. The zero-order valence-corrected chi connectivity index (χ0v) is 18.4. The Morgan fingerprint density at radius 2 is 2.00 bits per heavy atom. The van der Waals surface area contributed by atoms with Gasteiger partial charge in [-0.15, -0.1) is 11.8 Å². The maximum Gasteiger partial charge on any atom is 0.316 e. The molecule has 1 heterocycles. The average Bonchev–Trinajstić information content (AvgIpc) is 3.45. The summed E-state index contributed by atoms with van der Waals surface area (Å²) in [5.41, 5.74) is 3.33. The normalized spacial score (nSPS) is 12.3. The Bertz CT molecular complexity index is 1110. The Labute approximate surface area is 189 Å². The minimum absolute atomic E-state index is 0.0797. The van der Waals surface area contributed by atoms with Gasteiger partial charge in [0.2, 0.25) is 5.91 Å². The number of fused-ring (bicyclic) bond motifs is 1. The number of carbonyl (C=O) groups is 2. The van der Waals surface area contributed by atoms with Crippen molar-refractivity contribution in [3.8, 4) is 5.75 Å². The summed E-state index contributed by atoms with van der Waals surface area (Å²) in [4.78, 5) is 29.5. The van der Waals surface area contributed by atoms with Crippen molar-refractivity contribution in [3.63, 3.8) is 0 Å². The van der Waals surface area contributed by atoms with E-state index in [1.807, 2.05) is 12.1 Å². The summed E-state index contributed by atoms with van der Waals surface area (Å²) in [6, 6.07) is 13.4. The van der Waals surface area contributed by atoms with Gasteiger partial charge in [-0.05, 0) is 54.7 Å². The Kier molecular flexibility index (Phi) is 7.06. The van der Waals surface area contributed by atoms with Gasteiger partial charge in [0.05, 0.1) is 25.0 Å². The van der Waals surface area contributed by atoms with E-state index in [0.29, 0.717) is 11.4 Å². The zero-order valence-electron chi connectivity index (χ0n) is 17.6. The predicted molar refractivity (Wildman–Crippen MR) is 119 cm³/mol. The fourth-order valence-corrected chi connectivity index (χ4v) is 4.23. The number of nitrogens with zero attached hydrogens (tertiary/aromatic N) is 2. The minimum Gasteiger partial charge on any atom is -0.495 e. The highest BCUT2D eigenvalue weighted by Crippen LogP contribution is 2.27. The van der Waals surface area contributed by atoms with Gasteiger partial charge in [0, 0.05) is 4.90 Å². The van der Waals surface area contributed by atoms with Crippen molar-refractivity contribution in [1.29, 1.82) is 0 Å². The van der Waals surface area contributed by atoms with E-state index in [1.165, 1.54) is 36.4 Å². The molecule has 166 valence electrons. The van der Waals surface area contributed by atoms with Crippen LogP contribution in [0, 0.1) is 0 Å². The fourth-order valence-electron chi connectivity index (χ4n) is 3.47. The van der Waals surface area contributed by atoms with E-state index in [-0.39, 0.29) is 42.4 Å². The van der Waals surface area contributed by atoms with E-state index < -0.39 is 0 Å². The number of hydrogen-bond acceptors (Lipinski definition) is 8. The molecule has 2 aromatic carbocycles. The molecule has 8 nitrogen and oxygen atoms in total. The smallest absolute Gasteiger partial charge is 0.316 e. The second kappa shape index (κ2) is 10.3. The van der Waals surface area contributed by atoms with Crippen LogP contribution in [0.15, 0.2) is 51.9 Å². The molecular formula is C23H23N3O5S. The minimum atomic E-state index is -0.371. The van der Waals surface area contributed by atoms with Crippen LogP contribution in [0.2, 0.25) is 0 Å². The van der Waals surface area contributed by atoms with Crippen molar-refractivity contribution < 1.29 is 23.6 Å². The summed E-state index contributed by atoms with van der Waals surface area (Å²) < 4.78 is 15.5. The van der Waals surface area contributed by atoms with Crippen LogP contribution in [0.4, 0.5) is 5.69 Å². The standard InChI is InChI=1S/C23H23N3O5S/c1-29-19-8-3-2-7-18(19)24-21(27)12-20-25-22(31-26-20)13-30-23(28)14-32-17-10-9-15-5-4-6-16(15)11-17/h2-3,7-11H,4-6,12-14H2,1H3,(H,24,27). The van der Waals surface area contributed by atoms with Gasteiger partial charge in [-0.3, -0.25) is 9.59 Å². The molecule has 1 aromatic heterocycles. The molecule has 0 atom stereocenters. The Morgan fingerprint density at radius 3 is 2.88 bits per heavy atom. The first kappa shape index (κ1) is 21.9. The first-order valence-corrected chi connectivity index (χ1v) is 11.2. The number of anilines is 1. The van der Waals surface area contributed by atoms with Crippen molar-refractivity contribution >= 4 is 29.3 Å². The lowest BCUT2D eigenvalue weighted by Gasteiger charge is -2.08. The largest absolute Gasteiger partial charge is 0.495 e. The average molecular weight is 454 g/mol. The van der Waals surface area contributed by atoms with Gasteiger partial charge >= 0.3 is 5.97 Å². The van der Waals surface area contributed by atoms with Crippen molar-refractivity contribution in [2.24, 2.45) is 0 Å². The maximum atomic E-state index is 12.2. The van der Waals surface area contributed by atoms with Gasteiger partial charge in [-0.25, -0.2) is 0 Å². The molecule has 0 radical (unpaired) electrons. The van der Waals surface area contributed by atoms with Crippen LogP contribution < -0.4 is 10.1 Å². The zero-order chi connectivity index (χ0) is 22.3. The van der Waals surface area contributed by atoms with E-state index in [0.717, 1.165) is 17.7 Å². The van der Waals surface area contributed by atoms with Gasteiger partial charge in [-0.2, -0.15) is 4.98 Å². The lowest BCUT2D eigenvalue weighted by atomic mass is 10.1. The summed E-state index contributed by atoms with van der Waals surface area (Å²) in [6.45, 7) is -0.134. The number of hydrogen-bond donors (Lipinski definition) is 1. The third-order valence-corrected chi connectivity index (χ3v) is 5.96. The first-order valence-electron chi connectivity index (χ1n) is 10.3. The number of amides is 1. The first-order chi connectivity index (χ1) is 15.6. The quantitative estimate of drug-likeness (QED) is 0.387. The molecule has 0 aliphatic heterocycles. The van der Waals surface area contributed by atoms with Crippen LogP contribution in [0.3, 0.4) is 0 Å². The van der Waals surface area contributed by atoms with E-state index in [4.69, 9.17) is 14.0 Å². The predicted octanol–water partition coefficient (Wildman–Crippen LogP) is 3.58. The number of aryl methyl sites for hydroxylation is 2. The second-order valence-corrected chi connectivity index (χ2v) is 8.31. The van der Waals surface area contributed by atoms with Crippen LogP contribution in [0.25, 0.3) is 0 Å². The molecule has 1 amide bonds. The highest BCUT2D eigenvalue weighted by atomic mass is 32.2. The number of thioether (sulfide) groups is 1. The summed E-state index contributed by atoms with van der Waals surface area (Å²) >= 11 is 1.44. The maximum absolute atomic E-state index is 12.2. The summed E-state index contributed by atoms with van der Waals surface area (Å²) in [5.74, 6) is 0.409. The summed E-state index contributed by atoms with van der Waals surface area (Å²) in [7, 11) is 1.53. The molecule has 3 aromatic rings. The molecule has 0 saturated heterocycles. The fraction of sp³-hybridized carbons (Fsp3) is 0.304. The van der Waals surface area contributed by atoms with Crippen LogP contribution >= 0.6 is 11.8 Å². The van der Waals surface area contributed by atoms with Crippen molar-refractivity contribution in [2.75, 3.05) is 18.2 Å². The van der Waals surface area contributed by atoms with Crippen molar-refractivity contribution in [2.45, 2.75) is 37.2 Å². The van der Waals surface area contributed by atoms with Crippen LogP contribution in [-0.2, 0) is 40.2 Å². The molecule has 0 bridgehead atoms. The van der Waals surface area contributed by atoms with E-state index in [9.17, 15) is 9.59 Å². The van der Waals surface area contributed by atoms with Crippen molar-refractivity contribution in [3.05, 3.63) is 65.3 Å². The summed E-state index contributed by atoms with van der Waals surface area (Å²) in [5, 5.41) is 6.51. The Hall–Kier alpha value is -3.33. The number of carbonyl (C=O) groups excluding carboxylic acids is 2. The number of methoxy groups -OCH3 is 1. The SMILES string of the molecule is COc1ccccc1NC(=O)Cc1noc(COC(=O)CSc2ccc3c(c2)CCC3)n1. The monoisotopic (exact) mass is 453 g/mol. The molecule has 0 fully saturated rings. The Balaban J connectivity index is 1.21. The van der Waals surface area contributed by atoms with E-state index in [1.54, 1.807) is 18.2 Å². The van der Waals surface area contributed by atoms with Crippen LogP contribution in [-0.4, -0.2) is 34.9 Å². The van der Waals surface area contributed by atoms with Gasteiger partial charge in [0.15, 0.2) is 12.4 Å². The van der Waals surface area contributed by atoms with Crippen LogP contribution in [0.5, 0.6) is 5.75 Å². The number of para-hydroxylation sites is 2. The van der Waals surface area contributed by atoms with Gasteiger partial charge in [0.25, 0.3) is 5.89 Å². The molecule has 1 aliphatic rings. The number of nitrogens with one attached hydrogen (secondary N) is 1. The lowest BCUT2D eigenvalue weighted by Crippen LogP contribution is -2.15. The van der Waals surface area contributed by atoms with Crippen molar-refractivity contribution in [1.82, 2.24) is 10.1 Å². The van der Waals surface area contributed by atoms with Gasteiger partial charge in [-0.1, -0.05) is 23.4 Å². The Morgan fingerprint density at radius 1 is 1.16 bits per heavy atom. The molecule has 0 saturated carbocycles. The molecule has 1 N–H and O–H groups in total.